The molecule has 0 spiro atoms. The average molecular weight is 2020 g/mol. The Bertz CT molecular complexity index is 4520. The lowest BCUT2D eigenvalue weighted by molar-refractivity contribution is 0.286. The topological polar surface area (TPSA) is 209 Å². The highest BCUT2D eigenvalue weighted by atomic mass is 16.5. The van der Waals surface area contributed by atoms with Gasteiger partial charge in [0.1, 0.15) is 0 Å². The molecule has 4 aromatic carbocycles. The van der Waals surface area contributed by atoms with Crippen LogP contribution in [0.1, 0.15) is 600 Å². The van der Waals surface area contributed by atoms with Crippen LogP contribution < -0.4 is 41.2 Å². The number of aromatic amines is 3. The lowest BCUT2D eigenvalue weighted by atomic mass is 10.0. The number of rotatable bonds is 97. The molecule has 0 aliphatic heterocycles. The molecule has 0 fully saturated rings. The van der Waals surface area contributed by atoms with Crippen molar-refractivity contribution in [3.05, 3.63) is 138 Å². The molecule has 0 saturated carbocycles. The summed E-state index contributed by atoms with van der Waals surface area (Å²) in [6, 6.07) is 30.2. The van der Waals surface area contributed by atoms with Crippen LogP contribution >= 0.6 is 0 Å². The number of unbranched alkanes of at least 4 members (excludes halogenated alkanes) is 83. The van der Waals surface area contributed by atoms with E-state index in [1.807, 2.05) is 78.9 Å². The number of hydrogen-bond acceptors (Lipinski definition) is 12. The third kappa shape index (κ3) is 67.0. The van der Waals surface area contributed by atoms with Crippen LogP contribution in [-0.4, -0.2) is 66.8 Å². The minimum Gasteiger partial charge on any atom is -0.476 e. The van der Waals surface area contributed by atoms with Crippen molar-refractivity contribution in [2.24, 2.45) is 0 Å². The maximum Gasteiger partial charge on any atom is 0.274 e. The van der Waals surface area contributed by atoms with Gasteiger partial charge in [-0.25, -0.2) is 20.0 Å². The first kappa shape index (κ1) is 129. The fraction of sp³-hybridized carbons (Fsp3) is 0.754. The fourth-order valence-corrected chi connectivity index (χ4v) is 20.6. The summed E-state index contributed by atoms with van der Waals surface area (Å²) < 4.78 is 25.3. The maximum atomic E-state index is 13.2. The molecule has 4 heterocycles. The normalized spacial score (nSPS) is 11.4. The van der Waals surface area contributed by atoms with Gasteiger partial charge in [-0.15, -0.1) is 20.4 Å². The van der Waals surface area contributed by atoms with Crippen molar-refractivity contribution in [1.82, 2.24) is 40.4 Å². The van der Waals surface area contributed by atoms with Crippen molar-refractivity contribution >= 4 is 43.1 Å². The van der Waals surface area contributed by atoms with E-state index in [1.165, 1.54) is 527 Å². The van der Waals surface area contributed by atoms with Crippen molar-refractivity contribution in [3.63, 3.8) is 0 Å². The molecule has 16 heteroatoms. The van der Waals surface area contributed by atoms with E-state index in [2.05, 4.69) is 65.2 Å². The molecule has 0 atom stereocenters. The Morgan fingerprint density at radius 2 is 0.322 bits per heavy atom. The molecular formula is C130H220N8O8. The van der Waals surface area contributed by atoms with Crippen LogP contribution in [0.4, 0.5) is 0 Å². The third-order valence-corrected chi connectivity index (χ3v) is 30.0. The zero-order chi connectivity index (χ0) is 104. The Morgan fingerprint density at radius 1 is 0.178 bits per heavy atom. The minimum absolute atomic E-state index is 0.0167. The van der Waals surface area contributed by atoms with Crippen molar-refractivity contribution in [3.8, 4) is 23.5 Å². The molecule has 16 nitrogen and oxygen atoms in total. The molecular weight excluding hydrogens is 1800 g/mol. The van der Waals surface area contributed by atoms with Crippen molar-refractivity contribution in [2.45, 2.75) is 606 Å². The Hall–Kier alpha value is -7.36. The number of fused-ring (bicyclic) bond motifs is 4. The first-order valence-corrected chi connectivity index (χ1v) is 62.7. The van der Waals surface area contributed by atoms with E-state index in [9.17, 15) is 19.2 Å². The van der Waals surface area contributed by atoms with Gasteiger partial charge in [-0.05, 0) is 80.6 Å². The standard InChI is InChI=1S/C48H86N2O2.C30H50N2O2.C28H46N2O2.C24H38N2O2/c1-3-5-7-9-11-13-15-17-19-21-23-25-27-29-31-33-35-39-43-50-48(51)46-42-38-37-41-45(46)47(49-50)52-44-40-36-34-32-30-28-26-24-22-20-18-16-14-12-10-8-6-4-2;1-2-3-4-5-6-7-8-9-10-11-12-13-14-15-16-17-18-19-20-23-26-34-30-28-25-22-21-24-27(28)29(33)31-32-30;1-2-3-4-5-6-7-8-9-10-11-12-13-14-15-16-17-18-21-24-32-28-26-23-20-19-22-25(26)27(31)29-30-28;1-2-3-4-5-6-7-8-9-10-11-12-13-14-17-20-28-24-22-19-16-15-18-21(22)23(27)25-26-24/h37-38,41-42H,3-36,39-40,43-44H2,1-2H3;21-22,24-25H,2-20,23,26H2,1H3,(H,31,33);19-20,22-23H,2-18,21,24H2,1H3,(H,29,31);15-16,18-19H,2-14,17,20H2,1H3,(H,25,27). The van der Waals surface area contributed by atoms with Crippen molar-refractivity contribution < 1.29 is 18.9 Å². The van der Waals surface area contributed by atoms with Crippen LogP contribution in [0.3, 0.4) is 0 Å². The van der Waals surface area contributed by atoms with Gasteiger partial charge in [0.15, 0.2) is 0 Å². The minimum atomic E-state index is -0.167. The number of H-pyrrole nitrogens is 3. The second-order valence-corrected chi connectivity index (χ2v) is 43.3. The number of aryl methyl sites for hydroxylation is 1. The second kappa shape index (κ2) is 96.0. The molecule has 4 aromatic heterocycles. The zero-order valence-electron chi connectivity index (χ0n) is 95.0. The van der Waals surface area contributed by atoms with Gasteiger partial charge in [0, 0.05) is 6.54 Å². The van der Waals surface area contributed by atoms with Gasteiger partial charge in [0.05, 0.1) is 69.5 Å². The molecule has 0 radical (unpaired) electrons. The third-order valence-electron chi connectivity index (χ3n) is 30.0. The SMILES string of the molecule is CCCCCCCCCCCCCCCCCCCCCCOc1n[nH]c(=O)c2ccccc12.CCCCCCCCCCCCCCCCCCCCOc1n[nH]c(=O)c2ccccc12.CCCCCCCCCCCCCCCCCCCCOc1nn(CCCCCCCCCCCCCCCCCCCC)c(=O)c2ccccc12.CCCCCCCCCCCCCCCCOc1n[nH]c(=O)c2ccccc12. The highest BCUT2D eigenvalue weighted by Gasteiger charge is 2.15. The monoisotopic (exact) mass is 2020 g/mol. The molecule has 146 heavy (non-hydrogen) atoms. The molecule has 8 rings (SSSR count). The van der Waals surface area contributed by atoms with Gasteiger partial charge < -0.3 is 18.9 Å². The molecule has 828 valence electrons. The van der Waals surface area contributed by atoms with Crippen LogP contribution in [-0.2, 0) is 6.54 Å². The summed E-state index contributed by atoms with van der Waals surface area (Å²) in [6.45, 7) is 14.8. The summed E-state index contributed by atoms with van der Waals surface area (Å²) in [6.07, 6.45) is 121. The van der Waals surface area contributed by atoms with E-state index in [1.54, 1.807) is 22.9 Å². The highest BCUT2D eigenvalue weighted by molar-refractivity contribution is 5.88. The smallest absolute Gasteiger partial charge is 0.274 e. The van der Waals surface area contributed by atoms with Crippen LogP contribution in [0.5, 0.6) is 23.5 Å². The number of nitrogens with zero attached hydrogens (tertiary/aromatic N) is 5. The summed E-state index contributed by atoms with van der Waals surface area (Å²) >= 11 is 0. The van der Waals surface area contributed by atoms with Crippen molar-refractivity contribution in [2.75, 3.05) is 26.4 Å². The van der Waals surface area contributed by atoms with E-state index < -0.39 is 0 Å². The second-order valence-electron chi connectivity index (χ2n) is 43.3. The number of hydrogen-bond donors (Lipinski definition) is 3. The van der Waals surface area contributed by atoms with Crippen LogP contribution in [0, 0.1) is 0 Å². The van der Waals surface area contributed by atoms with Gasteiger partial charge >= 0.3 is 0 Å². The van der Waals surface area contributed by atoms with E-state index in [-0.39, 0.29) is 22.2 Å². The van der Waals surface area contributed by atoms with Gasteiger partial charge in [-0.2, -0.15) is 0 Å². The van der Waals surface area contributed by atoms with Crippen LogP contribution in [0.25, 0.3) is 43.1 Å². The maximum absolute atomic E-state index is 13.2. The Labute approximate surface area is 891 Å². The zero-order valence-corrected chi connectivity index (χ0v) is 95.0. The molecule has 0 unspecified atom stereocenters. The molecule has 8 aromatic rings. The van der Waals surface area contributed by atoms with Gasteiger partial charge in [-0.1, -0.05) is 616 Å². The van der Waals surface area contributed by atoms with Gasteiger partial charge in [0.25, 0.3) is 22.2 Å². The van der Waals surface area contributed by atoms with E-state index in [0.29, 0.717) is 72.7 Å². The molecule has 0 saturated heterocycles. The largest absolute Gasteiger partial charge is 0.476 e. The number of nitrogens with one attached hydrogen (secondary N) is 3. The van der Waals surface area contributed by atoms with E-state index >= 15 is 0 Å². The van der Waals surface area contributed by atoms with Gasteiger partial charge in [-0.3, -0.25) is 19.2 Å². The Kier molecular flexibility index (Phi) is 84.9. The first-order valence-electron chi connectivity index (χ1n) is 62.7. The Balaban J connectivity index is 0.000000353. The fourth-order valence-electron chi connectivity index (χ4n) is 20.6. The van der Waals surface area contributed by atoms with E-state index in [4.69, 9.17) is 24.0 Å². The predicted octanol–water partition coefficient (Wildman–Crippen LogP) is 40.1. The molecule has 0 aliphatic carbocycles. The summed E-state index contributed by atoms with van der Waals surface area (Å²) in [5.41, 5.74) is -0.481. The number of ether oxygens (including phenoxy) is 4. The van der Waals surface area contributed by atoms with Crippen LogP contribution in [0.2, 0.25) is 0 Å². The summed E-state index contributed by atoms with van der Waals surface area (Å²) in [4.78, 5) is 48.6. The van der Waals surface area contributed by atoms with Crippen molar-refractivity contribution in [1.29, 1.82) is 0 Å². The molecule has 3 N–H and O–H groups in total. The summed E-state index contributed by atoms with van der Waals surface area (Å²) in [7, 11) is 0. The highest BCUT2D eigenvalue weighted by Crippen LogP contribution is 2.28. The number of aromatic nitrogens is 8. The summed E-state index contributed by atoms with van der Waals surface area (Å²) in [5, 5.41) is 30.3. The van der Waals surface area contributed by atoms with Crippen LogP contribution in [0.15, 0.2) is 116 Å². The molecule has 0 aliphatic rings. The number of benzene rings is 4. The first-order chi connectivity index (χ1) is 72.3. The van der Waals surface area contributed by atoms with E-state index in [0.717, 1.165) is 65.5 Å². The predicted molar refractivity (Wildman–Crippen MR) is 630 cm³/mol. The summed E-state index contributed by atoms with van der Waals surface area (Å²) in [5.74, 6) is 2.23. The van der Waals surface area contributed by atoms with Gasteiger partial charge in [0.2, 0.25) is 23.5 Å². The molecule has 0 bridgehead atoms. The lowest BCUT2D eigenvalue weighted by Gasteiger charge is -2.12. The Morgan fingerprint density at radius 3 is 0.507 bits per heavy atom. The quantitative estimate of drug-likeness (QED) is 0.0304. The molecule has 0 amide bonds. The average Bonchev–Trinajstić information content (AvgIpc) is 0.796. The lowest BCUT2D eigenvalue weighted by Crippen LogP contribution is -2.24.